The van der Waals surface area contributed by atoms with E-state index in [-0.39, 0.29) is 34.8 Å². The molecule has 1 aromatic carbocycles. The van der Waals surface area contributed by atoms with Gasteiger partial charge < -0.3 is 16.4 Å². The summed E-state index contributed by atoms with van der Waals surface area (Å²) in [7, 11) is 1.55. The molecule has 0 radical (unpaired) electrons. The maximum Gasteiger partial charge on any atom is 0.293 e. The van der Waals surface area contributed by atoms with Gasteiger partial charge in [-0.15, -0.1) is 0 Å². The monoisotopic (exact) mass is 306 g/mol. The Balaban J connectivity index is 2.37. The predicted molar refractivity (Wildman–Crippen MR) is 80.4 cm³/mol. The second kappa shape index (κ2) is 6.42. The summed E-state index contributed by atoms with van der Waals surface area (Å²) in [6.45, 7) is 0. The zero-order chi connectivity index (χ0) is 16.3. The van der Waals surface area contributed by atoms with Crippen molar-refractivity contribution in [3.8, 4) is 0 Å². The lowest BCUT2D eigenvalue weighted by atomic mass is 10.0. The van der Waals surface area contributed by atoms with Gasteiger partial charge in [-0.3, -0.25) is 19.7 Å². The molecule has 0 aliphatic heterocycles. The van der Waals surface area contributed by atoms with Crippen LogP contribution in [0.25, 0.3) is 0 Å². The van der Waals surface area contributed by atoms with E-state index in [1.807, 2.05) is 0 Å². The molecule has 1 aliphatic rings. The largest absolute Gasteiger partial charge is 0.375 e. The van der Waals surface area contributed by atoms with Crippen molar-refractivity contribution in [2.45, 2.75) is 25.3 Å². The predicted octanol–water partition coefficient (Wildman–Crippen LogP) is 1.02. The third-order valence-corrected chi connectivity index (χ3v) is 3.93. The Bertz CT molecular complexity index is 585. The molecule has 4 N–H and O–H groups in total. The maximum absolute atomic E-state index is 11.9. The van der Waals surface area contributed by atoms with Gasteiger partial charge in [0.2, 0.25) is 5.91 Å². The van der Waals surface area contributed by atoms with E-state index in [4.69, 9.17) is 5.73 Å². The van der Waals surface area contributed by atoms with E-state index in [1.165, 1.54) is 18.2 Å². The van der Waals surface area contributed by atoms with E-state index in [1.54, 1.807) is 7.05 Å². The Kier molecular flexibility index (Phi) is 4.59. The van der Waals surface area contributed by atoms with Gasteiger partial charge in [-0.05, 0) is 18.9 Å². The van der Waals surface area contributed by atoms with Crippen LogP contribution in [0.4, 0.5) is 11.4 Å². The molecule has 8 heteroatoms. The molecule has 1 aromatic rings. The first-order valence-corrected chi connectivity index (χ1v) is 7.01. The lowest BCUT2D eigenvalue weighted by molar-refractivity contribution is -0.384. The van der Waals surface area contributed by atoms with Gasteiger partial charge in [0.25, 0.3) is 11.6 Å². The molecule has 2 atom stereocenters. The molecular formula is C14H18N4O4. The first kappa shape index (κ1) is 15.7. The molecule has 22 heavy (non-hydrogen) atoms. The highest BCUT2D eigenvalue weighted by Gasteiger charge is 2.34. The number of amides is 2. The zero-order valence-electron chi connectivity index (χ0n) is 12.2. The summed E-state index contributed by atoms with van der Waals surface area (Å²) in [5.74, 6) is -1.15. The number of hydrogen-bond acceptors (Lipinski definition) is 5. The molecule has 0 aromatic heterocycles. The fourth-order valence-electron chi connectivity index (χ4n) is 2.87. The average Bonchev–Trinajstić information content (AvgIpc) is 2.94. The number of nitro benzene ring substituents is 1. The second-order valence-corrected chi connectivity index (χ2v) is 5.22. The van der Waals surface area contributed by atoms with Gasteiger partial charge in [0.05, 0.1) is 16.4 Å². The fraction of sp³-hybridized carbons (Fsp3) is 0.429. The molecule has 1 fully saturated rings. The van der Waals surface area contributed by atoms with Crippen LogP contribution in [-0.2, 0) is 4.79 Å². The van der Waals surface area contributed by atoms with Crippen molar-refractivity contribution in [2.24, 2.45) is 11.7 Å². The van der Waals surface area contributed by atoms with Crippen molar-refractivity contribution in [3.05, 3.63) is 33.9 Å². The number of anilines is 1. The third kappa shape index (κ3) is 3.00. The Labute approximate surface area is 127 Å². The number of carbonyl (C=O) groups excluding carboxylic acids is 2. The number of nitrogens with zero attached hydrogens (tertiary/aromatic N) is 1. The molecule has 1 saturated carbocycles. The van der Waals surface area contributed by atoms with E-state index in [9.17, 15) is 19.7 Å². The van der Waals surface area contributed by atoms with E-state index >= 15 is 0 Å². The fourth-order valence-corrected chi connectivity index (χ4v) is 2.87. The number of rotatable bonds is 5. The molecule has 0 saturated heterocycles. The average molecular weight is 306 g/mol. The molecule has 118 valence electrons. The standard InChI is InChI=1S/C14H18N4O4/c1-16-14(20)8-4-2-6-10(8)17-12-9(13(15)19)5-3-7-11(12)18(21)22/h3,5,7-8,10,17H,2,4,6H2,1H3,(H2,15,19)(H,16,20). The number of nitrogens with two attached hydrogens (primary N) is 1. The lowest BCUT2D eigenvalue weighted by Gasteiger charge is -2.21. The SMILES string of the molecule is CNC(=O)C1CCCC1Nc1c(C(N)=O)cccc1[N+](=O)[O-]. The van der Waals surface area contributed by atoms with Crippen molar-refractivity contribution in [3.63, 3.8) is 0 Å². The van der Waals surface area contributed by atoms with Crippen LogP contribution in [0.3, 0.4) is 0 Å². The van der Waals surface area contributed by atoms with Crippen LogP contribution < -0.4 is 16.4 Å². The van der Waals surface area contributed by atoms with Crippen molar-refractivity contribution >= 4 is 23.2 Å². The van der Waals surface area contributed by atoms with Crippen molar-refractivity contribution < 1.29 is 14.5 Å². The number of benzene rings is 1. The highest BCUT2D eigenvalue weighted by atomic mass is 16.6. The summed E-state index contributed by atoms with van der Waals surface area (Å²) >= 11 is 0. The van der Waals surface area contributed by atoms with E-state index < -0.39 is 10.8 Å². The van der Waals surface area contributed by atoms with Gasteiger partial charge in [-0.25, -0.2) is 0 Å². The molecule has 2 unspecified atom stereocenters. The van der Waals surface area contributed by atoms with Crippen LogP contribution >= 0.6 is 0 Å². The Morgan fingerprint density at radius 3 is 2.68 bits per heavy atom. The number of para-hydroxylation sites is 1. The Hall–Kier alpha value is -2.64. The number of carbonyl (C=O) groups is 2. The molecule has 8 nitrogen and oxygen atoms in total. The summed E-state index contributed by atoms with van der Waals surface area (Å²) in [6.07, 6.45) is 2.23. The Morgan fingerprint density at radius 1 is 1.36 bits per heavy atom. The van der Waals surface area contributed by atoms with E-state index in [0.717, 1.165) is 6.42 Å². The number of hydrogen-bond donors (Lipinski definition) is 3. The highest BCUT2D eigenvalue weighted by Crippen LogP contribution is 2.34. The van der Waals surface area contributed by atoms with Crippen LogP contribution in [0.15, 0.2) is 18.2 Å². The molecule has 2 amide bonds. The quantitative estimate of drug-likeness (QED) is 0.553. The highest BCUT2D eigenvalue weighted by molar-refractivity contribution is 6.00. The van der Waals surface area contributed by atoms with Crippen LogP contribution in [0.1, 0.15) is 29.6 Å². The minimum atomic E-state index is -0.749. The Morgan fingerprint density at radius 2 is 2.09 bits per heavy atom. The number of nitrogens with one attached hydrogen (secondary N) is 2. The first-order valence-electron chi connectivity index (χ1n) is 7.01. The van der Waals surface area contributed by atoms with Gasteiger partial charge >= 0.3 is 0 Å². The van der Waals surface area contributed by atoms with E-state index in [2.05, 4.69) is 10.6 Å². The molecule has 0 heterocycles. The van der Waals surface area contributed by atoms with Gasteiger partial charge in [0, 0.05) is 19.2 Å². The minimum absolute atomic E-state index is 0.0526. The maximum atomic E-state index is 11.9. The van der Waals surface area contributed by atoms with Gasteiger partial charge in [-0.2, -0.15) is 0 Å². The first-order chi connectivity index (χ1) is 10.5. The van der Waals surface area contributed by atoms with Gasteiger partial charge in [0.1, 0.15) is 5.69 Å². The normalized spacial score (nSPS) is 20.4. The van der Waals surface area contributed by atoms with E-state index in [0.29, 0.717) is 12.8 Å². The summed E-state index contributed by atoms with van der Waals surface area (Å²) < 4.78 is 0. The van der Waals surface area contributed by atoms with Crippen LogP contribution in [0.5, 0.6) is 0 Å². The molecule has 1 aliphatic carbocycles. The van der Waals surface area contributed by atoms with Crippen LogP contribution in [0.2, 0.25) is 0 Å². The van der Waals surface area contributed by atoms with Crippen LogP contribution in [-0.4, -0.2) is 29.8 Å². The molecular weight excluding hydrogens is 288 g/mol. The van der Waals surface area contributed by atoms with Gasteiger partial charge in [-0.1, -0.05) is 12.5 Å². The smallest absolute Gasteiger partial charge is 0.293 e. The summed E-state index contributed by atoms with van der Waals surface area (Å²) in [6, 6.07) is 3.88. The summed E-state index contributed by atoms with van der Waals surface area (Å²) in [5, 5.41) is 16.8. The van der Waals surface area contributed by atoms with Crippen LogP contribution in [0, 0.1) is 16.0 Å². The summed E-state index contributed by atoms with van der Waals surface area (Å²) in [5.41, 5.74) is 5.21. The summed E-state index contributed by atoms with van der Waals surface area (Å²) in [4.78, 5) is 34.0. The molecule has 0 spiro atoms. The van der Waals surface area contributed by atoms with Crippen molar-refractivity contribution in [2.75, 3.05) is 12.4 Å². The van der Waals surface area contributed by atoms with Gasteiger partial charge in [0.15, 0.2) is 0 Å². The second-order valence-electron chi connectivity index (χ2n) is 5.22. The third-order valence-electron chi connectivity index (χ3n) is 3.93. The minimum Gasteiger partial charge on any atom is -0.375 e. The molecule has 0 bridgehead atoms. The molecule has 2 rings (SSSR count). The zero-order valence-corrected chi connectivity index (χ0v) is 12.2. The van der Waals surface area contributed by atoms with Crippen molar-refractivity contribution in [1.82, 2.24) is 5.32 Å². The number of primary amides is 1. The topological polar surface area (TPSA) is 127 Å². The van der Waals surface area contributed by atoms with Crippen molar-refractivity contribution in [1.29, 1.82) is 0 Å². The lowest BCUT2D eigenvalue weighted by Crippen LogP contribution is -2.36. The number of nitro groups is 1.